The van der Waals surface area contributed by atoms with E-state index in [-0.39, 0.29) is 36.0 Å². The van der Waals surface area contributed by atoms with E-state index in [9.17, 15) is 16.8 Å². The first-order valence-corrected chi connectivity index (χ1v) is 12.1. The fourth-order valence-electron chi connectivity index (χ4n) is 3.41. The molecule has 1 aromatic carbocycles. The summed E-state index contributed by atoms with van der Waals surface area (Å²) in [5.41, 5.74) is 1.36. The Kier molecular flexibility index (Phi) is 5.88. The first kappa shape index (κ1) is 21.3. The van der Waals surface area contributed by atoms with Gasteiger partial charge in [-0.2, -0.15) is 13.7 Å². The molecule has 1 aromatic heterocycles. The molecule has 0 aliphatic carbocycles. The highest BCUT2D eigenvalue weighted by atomic mass is 35.5. The minimum atomic E-state index is -3.77. The molecule has 1 aliphatic rings. The Balaban J connectivity index is 1.87. The molecule has 28 heavy (non-hydrogen) atoms. The van der Waals surface area contributed by atoms with Crippen molar-refractivity contribution in [3.8, 4) is 0 Å². The lowest BCUT2D eigenvalue weighted by Gasteiger charge is -2.22. The quantitative estimate of drug-likeness (QED) is 0.774. The molecule has 2 aromatic rings. The maximum atomic E-state index is 13.1. The summed E-state index contributed by atoms with van der Waals surface area (Å²) in [6, 6.07) is 4.76. The van der Waals surface area contributed by atoms with Crippen molar-refractivity contribution in [3.05, 3.63) is 40.2 Å². The Morgan fingerprint density at radius 2 is 1.57 bits per heavy atom. The molecular formula is C17H23ClN4O4S2. The van der Waals surface area contributed by atoms with E-state index in [1.165, 1.54) is 14.7 Å². The Morgan fingerprint density at radius 3 is 2.14 bits per heavy atom. The number of rotatable bonds is 4. The van der Waals surface area contributed by atoms with Crippen LogP contribution in [0.3, 0.4) is 0 Å². The van der Waals surface area contributed by atoms with Gasteiger partial charge in [0, 0.05) is 31.2 Å². The second-order valence-electron chi connectivity index (χ2n) is 6.79. The van der Waals surface area contributed by atoms with Gasteiger partial charge in [-0.05, 0) is 44.9 Å². The Hall–Kier alpha value is -1.46. The predicted octanol–water partition coefficient (Wildman–Crippen LogP) is 2.07. The number of H-pyrrole nitrogens is 1. The fourth-order valence-corrected chi connectivity index (χ4v) is 7.16. The molecule has 1 fully saturated rings. The van der Waals surface area contributed by atoms with Gasteiger partial charge in [0.15, 0.2) is 0 Å². The SMILES string of the molecule is Cc1n[nH]c(C)c1S(=O)(=O)N1CCCN(S(=O)(=O)c2cccc(Cl)c2C)CC1. The van der Waals surface area contributed by atoms with Gasteiger partial charge >= 0.3 is 0 Å². The predicted molar refractivity (Wildman–Crippen MR) is 106 cm³/mol. The first-order chi connectivity index (χ1) is 13.1. The van der Waals surface area contributed by atoms with Crippen LogP contribution < -0.4 is 0 Å². The standard InChI is InChI=1S/C17H23ClN4O4S2/c1-12-15(18)6-4-7-16(12)27(23,24)21-8-5-9-22(11-10-21)28(25,26)17-13(2)19-20-14(17)3/h4,6-7H,5,8-11H2,1-3H3,(H,19,20). The number of benzene rings is 1. The van der Waals surface area contributed by atoms with Crippen molar-refractivity contribution in [2.75, 3.05) is 26.2 Å². The van der Waals surface area contributed by atoms with Gasteiger partial charge in [0.1, 0.15) is 4.90 Å². The average molecular weight is 447 g/mol. The summed E-state index contributed by atoms with van der Waals surface area (Å²) in [4.78, 5) is 0.312. The minimum Gasteiger partial charge on any atom is -0.281 e. The molecule has 2 heterocycles. The first-order valence-electron chi connectivity index (χ1n) is 8.84. The van der Waals surface area contributed by atoms with Crippen LogP contribution in [0, 0.1) is 20.8 Å². The molecule has 0 bridgehead atoms. The zero-order valence-electron chi connectivity index (χ0n) is 15.9. The van der Waals surface area contributed by atoms with Gasteiger partial charge in [-0.15, -0.1) is 0 Å². The smallest absolute Gasteiger partial charge is 0.246 e. The molecule has 0 unspecified atom stereocenters. The van der Waals surface area contributed by atoms with E-state index in [4.69, 9.17) is 11.6 Å². The third kappa shape index (κ3) is 3.71. The minimum absolute atomic E-state index is 0.0729. The molecular weight excluding hydrogens is 424 g/mol. The summed E-state index contributed by atoms with van der Waals surface area (Å²) >= 11 is 6.08. The van der Waals surface area contributed by atoms with Gasteiger partial charge in [-0.1, -0.05) is 17.7 Å². The zero-order chi connectivity index (χ0) is 20.7. The monoisotopic (exact) mass is 446 g/mol. The number of aromatic amines is 1. The normalized spacial score (nSPS) is 17.6. The van der Waals surface area contributed by atoms with E-state index in [1.54, 1.807) is 32.9 Å². The zero-order valence-corrected chi connectivity index (χ0v) is 18.3. The summed E-state index contributed by atoms with van der Waals surface area (Å²) in [5, 5.41) is 7.03. The number of nitrogens with one attached hydrogen (secondary N) is 1. The maximum Gasteiger partial charge on any atom is 0.246 e. The second kappa shape index (κ2) is 7.75. The van der Waals surface area contributed by atoms with Crippen molar-refractivity contribution in [1.29, 1.82) is 0 Å². The van der Waals surface area contributed by atoms with E-state index in [2.05, 4.69) is 10.2 Å². The van der Waals surface area contributed by atoms with Crippen LogP contribution in [-0.2, 0) is 20.0 Å². The number of hydrogen-bond acceptors (Lipinski definition) is 5. The summed E-state index contributed by atoms with van der Waals surface area (Å²) < 4.78 is 54.9. The van der Waals surface area contributed by atoms with Crippen LogP contribution in [0.5, 0.6) is 0 Å². The third-order valence-corrected chi connectivity index (χ3v) is 9.52. The van der Waals surface area contributed by atoms with Crippen LogP contribution >= 0.6 is 11.6 Å². The molecule has 0 atom stereocenters. The largest absolute Gasteiger partial charge is 0.281 e. The van der Waals surface area contributed by atoms with Crippen molar-refractivity contribution >= 4 is 31.6 Å². The molecule has 1 N–H and O–H groups in total. The highest BCUT2D eigenvalue weighted by Crippen LogP contribution is 2.28. The molecule has 0 saturated carbocycles. The van der Waals surface area contributed by atoms with Gasteiger partial charge in [0.05, 0.1) is 16.3 Å². The van der Waals surface area contributed by atoms with Crippen molar-refractivity contribution in [2.24, 2.45) is 0 Å². The van der Waals surface area contributed by atoms with Gasteiger partial charge in [0.25, 0.3) is 0 Å². The molecule has 154 valence electrons. The van der Waals surface area contributed by atoms with Gasteiger partial charge in [-0.25, -0.2) is 16.8 Å². The highest BCUT2D eigenvalue weighted by molar-refractivity contribution is 7.89. The van der Waals surface area contributed by atoms with E-state index in [0.717, 1.165) is 0 Å². The van der Waals surface area contributed by atoms with E-state index >= 15 is 0 Å². The lowest BCUT2D eigenvalue weighted by molar-refractivity contribution is 0.404. The average Bonchev–Trinajstić information content (AvgIpc) is 2.84. The number of sulfonamides is 2. The molecule has 11 heteroatoms. The van der Waals surface area contributed by atoms with E-state index < -0.39 is 20.0 Å². The van der Waals surface area contributed by atoms with Crippen LogP contribution in [0.2, 0.25) is 5.02 Å². The van der Waals surface area contributed by atoms with Crippen LogP contribution in [0.15, 0.2) is 28.0 Å². The third-order valence-electron chi connectivity index (χ3n) is 4.91. The Labute approximate surface area is 170 Å². The second-order valence-corrected chi connectivity index (χ2v) is 11.0. The summed E-state index contributed by atoms with van der Waals surface area (Å²) in [6.45, 7) is 5.58. The van der Waals surface area contributed by atoms with Gasteiger partial charge in [-0.3, -0.25) is 5.10 Å². The Bertz CT molecular complexity index is 1080. The molecule has 8 nitrogen and oxygen atoms in total. The topological polar surface area (TPSA) is 103 Å². The van der Waals surface area contributed by atoms with Gasteiger partial charge < -0.3 is 0 Å². The molecule has 0 amide bonds. The van der Waals surface area contributed by atoms with Crippen LogP contribution in [-0.4, -0.2) is 61.8 Å². The summed E-state index contributed by atoms with van der Waals surface area (Å²) in [7, 11) is -7.52. The number of aryl methyl sites for hydroxylation is 2. The highest BCUT2D eigenvalue weighted by Gasteiger charge is 2.34. The Morgan fingerprint density at radius 1 is 0.964 bits per heavy atom. The fraction of sp³-hybridized carbons (Fsp3) is 0.471. The van der Waals surface area contributed by atoms with Crippen LogP contribution in [0.4, 0.5) is 0 Å². The molecule has 0 spiro atoms. The lowest BCUT2D eigenvalue weighted by Crippen LogP contribution is -2.37. The maximum absolute atomic E-state index is 13.1. The van der Waals surface area contributed by atoms with Crippen LogP contribution in [0.1, 0.15) is 23.4 Å². The molecule has 3 rings (SSSR count). The number of nitrogens with zero attached hydrogens (tertiary/aromatic N) is 3. The molecule has 0 radical (unpaired) electrons. The summed E-state index contributed by atoms with van der Waals surface area (Å²) in [6.07, 6.45) is 0.397. The van der Waals surface area contributed by atoms with E-state index in [0.29, 0.717) is 28.4 Å². The van der Waals surface area contributed by atoms with Crippen LogP contribution in [0.25, 0.3) is 0 Å². The van der Waals surface area contributed by atoms with Crippen molar-refractivity contribution < 1.29 is 16.8 Å². The van der Waals surface area contributed by atoms with Crippen molar-refractivity contribution in [1.82, 2.24) is 18.8 Å². The molecule has 1 aliphatic heterocycles. The number of aromatic nitrogens is 2. The van der Waals surface area contributed by atoms with E-state index in [1.807, 2.05) is 0 Å². The van der Waals surface area contributed by atoms with Gasteiger partial charge in [0.2, 0.25) is 20.0 Å². The summed E-state index contributed by atoms with van der Waals surface area (Å²) in [5.74, 6) is 0. The number of halogens is 1. The van der Waals surface area contributed by atoms with Crippen molar-refractivity contribution in [2.45, 2.75) is 37.0 Å². The van der Waals surface area contributed by atoms with Crippen molar-refractivity contribution in [3.63, 3.8) is 0 Å². The number of hydrogen-bond donors (Lipinski definition) is 1. The molecule has 1 saturated heterocycles. The lowest BCUT2D eigenvalue weighted by atomic mass is 10.2.